The largest absolute Gasteiger partial charge is 0.416 e. The van der Waals surface area contributed by atoms with Gasteiger partial charge in [-0.05, 0) is 25.1 Å². The summed E-state index contributed by atoms with van der Waals surface area (Å²) in [6.45, 7) is 1.71. The van der Waals surface area contributed by atoms with Crippen molar-refractivity contribution >= 4 is 22.0 Å². The molecule has 2 heterocycles. The smallest absolute Gasteiger partial charge is 0.399 e. The van der Waals surface area contributed by atoms with Crippen LogP contribution in [0.25, 0.3) is 15.5 Å². The van der Waals surface area contributed by atoms with E-state index in [0.717, 1.165) is 23.5 Å². The fourth-order valence-corrected chi connectivity index (χ4v) is 2.64. The lowest BCUT2D eigenvalue weighted by Crippen LogP contribution is -2.06. The molecule has 0 aliphatic heterocycles. The van der Waals surface area contributed by atoms with E-state index in [0.29, 0.717) is 21.4 Å². The van der Waals surface area contributed by atoms with Crippen molar-refractivity contribution in [2.24, 2.45) is 0 Å². The lowest BCUT2D eigenvalue weighted by molar-refractivity contribution is -0.137. The lowest BCUT2D eigenvalue weighted by Gasteiger charge is -2.08. The Hall–Kier alpha value is -2.16. The van der Waals surface area contributed by atoms with Crippen LogP contribution in [-0.2, 0) is 6.18 Å². The van der Waals surface area contributed by atoms with Gasteiger partial charge in [-0.25, -0.2) is 0 Å². The summed E-state index contributed by atoms with van der Waals surface area (Å²) >= 11 is 1.15. The highest BCUT2D eigenvalue weighted by Crippen LogP contribution is 2.35. The first-order valence-electron chi connectivity index (χ1n) is 5.51. The number of rotatable bonds is 1. The number of hydrogen-bond acceptors (Lipinski definition) is 5. The highest BCUT2D eigenvalue weighted by molar-refractivity contribution is 7.19. The number of nitrogen functional groups attached to an aromatic ring is 1. The molecule has 9 heteroatoms. The third kappa shape index (κ3) is 2.09. The number of hydrogen-bond donors (Lipinski definition) is 1. The van der Waals surface area contributed by atoms with Gasteiger partial charge in [0.2, 0.25) is 4.96 Å². The Kier molecular flexibility index (Phi) is 2.68. The van der Waals surface area contributed by atoms with Crippen LogP contribution in [0.4, 0.5) is 18.9 Å². The number of nitrogens with two attached hydrogens (primary N) is 1. The number of aromatic nitrogens is 4. The van der Waals surface area contributed by atoms with E-state index in [1.165, 1.54) is 10.6 Å². The summed E-state index contributed by atoms with van der Waals surface area (Å²) in [6, 6.07) is 3.38. The number of halogens is 3. The monoisotopic (exact) mass is 299 g/mol. The Morgan fingerprint density at radius 3 is 2.60 bits per heavy atom. The molecule has 0 radical (unpaired) electrons. The summed E-state index contributed by atoms with van der Waals surface area (Å²) < 4.78 is 39.8. The molecule has 0 unspecified atom stereocenters. The third-order valence-corrected chi connectivity index (χ3v) is 3.62. The molecule has 0 aliphatic rings. The summed E-state index contributed by atoms with van der Waals surface area (Å²) in [6.07, 6.45) is -4.45. The van der Waals surface area contributed by atoms with E-state index in [1.807, 2.05) is 0 Å². The molecular weight excluding hydrogens is 291 g/mol. The minimum atomic E-state index is -4.45. The molecule has 5 nitrogen and oxygen atoms in total. The van der Waals surface area contributed by atoms with Crippen molar-refractivity contribution in [3.63, 3.8) is 0 Å². The molecule has 0 spiro atoms. The molecule has 20 heavy (non-hydrogen) atoms. The van der Waals surface area contributed by atoms with Gasteiger partial charge in [-0.1, -0.05) is 11.3 Å². The van der Waals surface area contributed by atoms with Gasteiger partial charge in [0.15, 0.2) is 5.82 Å². The first-order chi connectivity index (χ1) is 9.34. The quantitative estimate of drug-likeness (QED) is 0.701. The molecular formula is C11H8F3N5S. The zero-order valence-corrected chi connectivity index (χ0v) is 11.0. The van der Waals surface area contributed by atoms with Crippen molar-refractivity contribution in [2.75, 3.05) is 5.73 Å². The van der Waals surface area contributed by atoms with Crippen LogP contribution in [0.2, 0.25) is 0 Å². The molecule has 2 N–H and O–H groups in total. The van der Waals surface area contributed by atoms with Crippen LogP contribution in [0, 0.1) is 6.92 Å². The van der Waals surface area contributed by atoms with Gasteiger partial charge in [0.25, 0.3) is 0 Å². The number of anilines is 1. The number of nitrogens with zero attached hydrogens (tertiary/aromatic N) is 4. The van der Waals surface area contributed by atoms with E-state index in [4.69, 9.17) is 5.73 Å². The third-order valence-electron chi connectivity index (χ3n) is 2.68. The van der Waals surface area contributed by atoms with Gasteiger partial charge < -0.3 is 5.73 Å². The topological polar surface area (TPSA) is 69.1 Å². The number of fused-ring (bicyclic) bond motifs is 1. The van der Waals surface area contributed by atoms with Crippen LogP contribution in [0.15, 0.2) is 18.2 Å². The van der Waals surface area contributed by atoms with Gasteiger partial charge in [0.1, 0.15) is 5.01 Å². The van der Waals surface area contributed by atoms with Crippen molar-refractivity contribution in [1.82, 2.24) is 19.8 Å². The highest BCUT2D eigenvalue weighted by atomic mass is 32.1. The van der Waals surface area contributed by atoms with Crippen molar-refractivity contribution in [3.8, 4) is 10.6 Å². The Morgan fingerprint density at radius 1 is 1.20 bits per heavy atom. The molecule has 0 atom stereocenters. The van der Waals surface area contributed by atoms with Crippen molar-refractivity contribution in [3.05, 3.63) is 29.6 Å². The van der Waals surface area contributed by atoms with E-state index >= 15 is 0 Å². The van der Waals surface area contributed by atoms with Gasteiger partial charge in [0.05, 0.1) is 5.56 Å². The fourth-order valence-electron chi connectivity index (χ4n) is 1.77. The molecule has 0 bridgehead atoms. The van der Waals surface area contributed by atoms with Gasteiger partial charge in [-0.3, -0.25) is 0 Å². The maximum absolute atomic E-state index is 12.8. The molecule has 0 saturated carbocycles. The van der Waals surface area contributed by atoms with Crippen LogP contribution < -0.4 is 5.73 Å². The van der Waals surface area contributed by atoms with Crippen LogP contribution in [0.5, 0.6) is 0 Å². The minimum absolute atomic E-state index is 0.0394. The van der Waals surface area contributed by atoms with Gasteiger partial charge >= 0.3 is 6.18 Å². The maximum atomic E-state index is 12.8. The second-order valence-corrected chi connectivity index (χ2v) is 5.15. The molecule has 104 valence electrons. The van der Waals surface area contributed by atoms with Crippen molar-refractivity contribution in [2.45, 2.75) is 13.1 Å². The molecule has 0 amide bonds. The summed E-state index contributed by atoms with van der Waals surface area (Å²) in [4.78, 5) is 0.522. The average Bonchev–Trinajstić information content (AvgIpc) is 2.90. The molecule has 2 aromatic heterocycles. The first-order valence-corrected chi connectivity index (χ1v) is 6.33. The van der Waals surface area contributed by atoms with E-state index in [9.17, 15) is 13.2 Å². The molecule has 0 aliphatic carbocycles. The Labute approximate surface area is 114 Å². The van der Waals surface area contributed by atoms with E-state index in [1.54, 1.807) is 6.92 Å². The zero-order valence-electron chi connectivity index (χ0n) is 10.1. The predicted molar refractivity (Wildman–Crippen MR) is 68.2 cm³/mol. The molecule has 3 aromatic rings. The van der Waals surface area contributed by atoms with Crippen LogP contribution in [0.3, 0.4) is 0 Å². The molecule has 3 rings (SSSR count). The average molecular weight is 299 g/mol. The highest BCUT2D eigenvalue weighted by Gasteiger charge is 2.31. The SMILES string of the molecule is Cc1nnc2sc(-c3cc(N)cc(C(F)(F)F)c3)nn12. The zero-order chi connectivity index (χ0) is 14.5. The van der Waals surface area contributed by atoms with Crippen molar-refractivity contribution < 1.29 is 13.2 Å². The summed E-state index contributed by atoms with van der Waals surface area (Å²) in [5.74, 6) is 0.572. The fraction of sp³-hybridized carbons (Fsp3) is 0.182. The lowest BCUT2D eigenvalue weighted by atomic mass is 10.1. The van der Waals surface area contributed by atoms with Crippen LogP contribution in [-0.4, -0.2) is 19.8 Å². The van der Waals surface area contributed by atoms with E-state index < -0.39 is 11.7 Å². The van der Waals surface area contributed by atoms with Crippen molar-refractivity contribution in [1.29, 1.82) is 0 Å². The number of aryl methyl sites for hydroxylation is 1. The van der Waals surface area contributed by atoms with Crippen LogP contribution >= 0.6 is 11.3 Å². The molecule has 0 saturated heterocycles. The van der Waals surface area contributed by atoms with Gasteiger partial charge in [-0.15, -0.1) is 10.2 Å². The summed E-state index contributed by atoms with van der Waals surface area (Å²) in [5.41, 5.74) is 5.09. The van der Waals surface area contributed by atoms with Gasteiger partial charge in [0, 0.05) is 11.3 Å². The minimum Gasteiger partial charge on any atom is -0.399 e. The van der Waals surface area contributed by atoms with E-state index in [-0.39, 0.29) is 5.69 Å². The predicted octanol–water partition coefficient (Wildman–Crippen LogP) is 2.76. The maximum Gasteiger partial charge on any atom is 0.416 e. The summed E-state index contributed by atoms with van der Waals surface area (Å²) in [5, 5.41) is 12.3. The number of alkyl halides is 3. The Bertz CT molecular complexity index is 789. The molecule has 0 fully saturated rings. The Balaban J connectivity index is 2.15. The number of benzene rings is 1. The normalized spacial score (nSPS) is 12.2. The first kappa shape index (κ1) is 12.9. The Morgan fingerprint density at radius 2 is 1.95 bits per heavy atom. The standard InChI is InChI=1S/C11H8F3N5S/c1-5-16-17-10-19(5)18-9(20-10)6-2-7(11(12,13)14)4-8(15)3-6/h2-4H,15H2,1H3. The second-order valence-electron chi connectivity index (χ2n) is 4.19. The van der Waals surface area contributed by atoms with Gasteiger partial charge in [-0.2, -0.15) is 22.8 Å². The van der Waals surface area contributed by atoms with Crippen LogP contribution in [0.1, 0.15) is 11.4 Å². The second kappa shape index (κ2) is 4.17. The molecule has 1 aromatic carbocycles. The van der Waals surface area contributed by atoms with E-state index in [2.05, 4.69) is 15.3 Å². The summed E-state index contributed by atoms with van der Waals surface area (Å²) in [7, 11) is 0.